The SMILES string of the molecule is CC1NCNCNC1C. The predicted octanol–water partition coefficient (Wildman–Crippen LogP) is -0.539. The molecule has 2 unspecified atom stereocenters. The molecule has 1 rings (SSSR count). The summed E-state index contributed by atoms with van der Waals surface area (Å²) in [6.45, 7) is 6.20. The molecule has 1 fully saturated rings. The number of hydrogen-bond donors (Lipinski definition) is 3. The third-order valence-corrected chi connectivity index (χ3v) is 1.85. The van der Waals surface area contributed by atoms with Gasteiger partial charge >= 0.3 is 0 Å². The van der Waals surface area contributed by atoms with Crippen molar-refractivity contribution in [1.29, 1.82) is 0 Å². The standard InChI is InChI=1S/C6H15N3/c1-5-6(2)9-4-7-3-8-5/h5-9H,3-4H2,1-2H3. The van der Waals surface area contributed by atoms with Crippen LogP contribution in [0.4, 0.5) is 0 Å². The minimum absolute atomic E-state index is 0.569. The van der Waals surface area contributed by atoms with Gasteiger partial charge in [0.15, 0.2) is 0 Å². The molecule has 1 aliphatic heterocycles. The van der Waals surface area contributed by atoms with Crippen LogP contribution in [0.3, 0.4) is 0 Å². The van der Waals surface area contributed by atoms with Gasteiger partial charge in [-0.3, -0.25) is 5.32 Å². The molecule has 0 aromatic heterocycles. The van der Waals surface area contributed by atoms with Crippen molar-refractivity contribution in [3.63, 3.8) is 0 Å². The van der Waals surface area contributed by atoms with E-state index in [-0.39, 0.29) is 0 Å². The zero-order valence-corrected chi connectivity index (χ0v) is 6.07. The number of nitrogens with one attached hydrogen (secondary N) is 3. The molecule has 1 saturated heterocycles. The summed E-state index contributed by atoms with van der Waals surface area (Å²) in [7, 11) is 0. The zero-order valence-electron chi connectivity index (χ0n) is 6.07. The first-order valence-corrected chi connectivity index (χ1v) is 3.48. The van der Waals surface area contributed by atoms with E-state index >= 15 is 0 Å². The van der Waals surface area contributed by atoms with Gasteiger partial charge in [-0.15, -0.1) is 0 Å². The van der Waals surface area contributed by atoms with Gasteiger partial charge in [0.05, 0.1) is 0 Å². The molecular formula is C6H15N3. The van der Waals surface area contributed by atoms with Crippen molar-refractivity contribution in [1.82, 2.24) is 16.0 Å². The molecule has 3 heteroatoms. The monoisotopic (exact) mass is 129 g/mol. The molecule has 2 atom stereocenters. The summed E-state index contributed by atoms with van der Waals surface area (Å²) in [5.74, 6) is 0. The van der Waals surface area contributed by atoms with E-state index in [1.807, 2.05) is 0 Å². The van der Waals surface area contributed by atoms with Crippen LogP contribution < -0.4 is 16.0 Å². The van der Waals surface area contributed by atoms with Crippen LogP contribution in [-0.2, 0) is 0 Å². The molecular weight excluding hydrogens is 114 g/mol. The second-order valence-corrected chi connectivity index (χ2v) is 2.59. The smallest absolute Gasteiger partial charge is 0.0467 e. The largest absolute Gasteiger partial charge is 0.300 e. The van der Waals surface area contributed by atoms with Gasteiger partial charge in [-0.25, -0.2) is 0 Å². The average molecular weight is 129 g/mol. The Morgan fingerprint density at radius 2 is 1.44 bits per heavy atom. The van der Waals surface area contributed by atoms with Crippen molar-refractivity contribution in [3.8, 4) is 0 Å². The van der Waals surface area contributed by atoms with Crippen LogP contribution in [0.15, 0.2) is 0 Å². The summed E-state index contributed by atoms with van der Waals surface area (Å²) < 4.78 is 0. The lowest BCUT2D eigenvalue weighted by Crippen LogP contribution is -2.40. The van der Waals surface area contributed by atoms with E-state index in [0.717, 1.165) is 13.3 Å². The molecule has 0 spiro atoms. The maximum atomic E-state index is 3.32. The maximum absolute atomic E-state index is 3.32. The normalized spacial score (nSPS) is 38.0. The summed E-state index contributed by atoms with van der Waals surface area (Å²) >= 11 is 0. The molecule has 3 nitrogen and oxygen atoms in total. The van der Waals surface area contributed by atoms with Crippen molar-refractivity contribution in [2.45, 2.75) is 25.9 Å². The topological polar surface area (TPSA) is 36.1 Å². The van der Waals surface area contributed by atoms with Gasteiger partial charge in [-0.1, -0.05) is 0 Å². The van der Waals surface area contributed by atoms with Crippen LogP contribution in [-0.4, -0.2) is 25.4 Å². The first-order valence-electron chi connectivity index (χ1n) is 3.48. The molecule has 0 aliphatic carbocycles. The molecule has 0 saturated carbocycles. The predicted molar refractivity (Wildman–Crippen MR) is 38.1 cm³/mol. The van der Waals surface area contributed by atoms with E-state index in [2.05, 4.69) is 29.8 Å². The fourth-order valence-corrected chi connectivity index (χ4v) is 0.882. The van der Waals surface area contributed by atoms with Crippen LogP contribution in [0.1, 0.15) is 13.8 Å². The second kappa shape index (κ2) is 3.15. The van der Waals surface area contributed by atoms with Gasteiger partial charge in [-0.05, 0) is 13.8 Å². The van der Waals surface area contributed by atoms with Crippen LogP contribution in [0.5, 0.6) is 0 Å². The van der Waals surface area contributed by atoms with Crippen LogP contribution in [0.25, 0.3) is 0 Å². The van der Waals surface area contributed by atoms with Gasteiger partial charge < -0.3 is 10.6 Å². The van der Waals surface area contributed by atoms with Crippen LogP contribution >= 0.6 is 0 Å². The van der Waals surface area contributed by atoms with Crippen molar-refractivity contribution in [3.05, 3.63) is 0 Å². The van der Waals surface area contributed by atoms with Gasteiger partial charge in [0.1, 0.15) is 0 Å². The Balaban J connectivity index is 2.32. The third kappa shape index (κ3) is 1.93. The molecule has 0 aromatic rings. The van der Waals surface area contributed by atoms with Gasteiger partial charge in [-0.2, -0.15) is 0 Å². The summed E-state index contributed by atoms with van der Waals surface area (Å²) in [6, 6.07) is 1.14. The molecule has 9 heavy (non-hydrogen) atoms. The Bertz CT molecular complexity index is 74.4. The van der Waals surface area contributed by atoms with Crippen molar-refractivity contribution in [2.24, 2.45) is 0 Å². The molecule has 0 radical (unpaired) electrons. The first-order chi connectivity index (χ1) is 4.30. The Kier molecular flexibility index (Phi) is 2.45. The average Bonchev–Trinajstić information content (AvgIpc) is 1.99. The lowest BCUT2D eigenvalue weighted by molar-refractivity contribution is 0.460. The molecule has 1 aliphatic rings. The number of hydrogen-bond acceptors (Lipinski definition) is 3. The minimum Gasteiger partial charge on any atom is -0.300 e. The van der Waals surface area contributed by atoms with E-state index < -0.39 is 0 Å². The fraction of sp³-hybridized carbons (Fsp3) is 1.00. The highest BCUT2D eigenvalue weighted by molar-refractivity contribution is 4.75. The Hall–Kier alpha value is -0.120. The van der Waals surface area contributed by atoms with Crippen molar-refractivity contribution >= 4 is 0 Å². The van der Waals surface area contributed by atoms with Gasteiger partial charge in [0, 0.05) is 25.4 Å². The molecule has 0 bridgehead atoms. The third-order valence-electron chi connectivity index (χ3n) is 1.85. The summed E-state index contributed by atoms with van der Waals surface area (Å²) in [5, 5.41) is 9.83. The van der Waals surface area contributed by atoms with E-state index in [0.29, 0.717) is 12.1 Å². The van der Waals surface area contributed by atoms with Gasteiger partial charge in [0.25, 0.3) is 0 Å². The Morgan fingerprint density at radius 1 is 1.00 bits per heavy atom. The highest BCUT2D eigenvalue weighted by Crippen LogP contribution is 1.91. The van der Waals surface area contributed by atoms with Crippen molar-refractivity contribution < 1.29 is 0 Å². The Morgan fingerprint density at radius 3 is 1.89 bits per heavy atom. The van der Waals surface area contributed by atoms with Crippen molar-refractivity contribution in [2.75, 3.05) is 13.3 Å². The molecule has 0 aromatic carbocycles. The van der Waals surface area contributed by atoms with Crippen LogP contribution in [0, 0.1) is 0 Å². The van der Waals surface area contributed by atoms with Gasteiger partial charge in [0.2, 0.25) is 0 Å². The zero-order chi connectivity index (χ0) is 6.69. The van der Waals surface area contributed by atoms with E-state index in [1.165, 1.54) is 0 Å². The van der Waals surface area contributed by atoms with Crippen LogP contribution in [0.2, 0.25) is 0 Å². The lowest BCUT2D eigenvalue weighted by atomic mass is 10.2. The first kappa shape index (κ1) is 6.99. The quantitative estimate of drug-likeness (QED) is 0.411. The molecule has 1 heterocycles. The molecule has 54 valence electrons. The summed E-state index contributed by atoms with van der Waals surface area (Å²) in [6.07, 6.45) is 0. The maximum Gasteiger partial charge on any atom is 0.0467 e. The number of rotatable bonds is 0. The highest BCUT2D eigenvalue weighted by atomic mass is 15.2. The summed E-state index contributed by atoms with van der Waals surface area (Å²) in [4.78, 5) is 0. The van der Waals surface area contributed by atoms with E-state index in [9.17, 15) is 0 Å². The highest BCUT2D eigenvalue weighted by Gasteiger charge is 2.11. The molecule has 0 amide bonds. The summed E-state index contributed by atoms with van der Waals surface area (Å²) in [5.41, 5.74) is 0. The lowest BCUT2D eigenvalue weighted by Gasteiger charge is -2.16. The fourth-order valence-electron chi connectivity index (χ4n) is 0.882. The van der Waals surface area contributed by atoms with E-state index in [4.69, 9.17) is 0 Å². The minimum atomic E-state index is 0.569. The Labute approximate surface area is 56.2 Å². The second-order valence-electron chi connectivity index (χ2n) is 2.59. The molecule has 3 N–H and O–H groups in total. The van der Waals surface area contributed by atoms with E-state index in [1.54, 1.807) is 0 Å².